The van der Waals surface area contributed by atoms with E-state index in [0.717, 1.165) is 22.2 Å². The molecule has 1 aromatic carbocycles. The van der Waals surface area contributed by atoms with E-state index in [-0.39, 0.29) is 23.9 Å². The molecule has 3 aromatic heterocycles. The minimum atomic E-state index is -0.439. The third-order valence-corrected chi connectivity index (χ3v) is 8.55. The van der Waals surface area contributed by atoms with E-state index in [4.69, 9.17) is 16.6 Å². The lowest BCUT2D eigenvalue weighted by Gasteiger charge is -2.45. The minimum Gasteiger partial charge on any atom is -0.347 e. The van der Waals surface area contributed by atoms with Crippen LogP contribution in [0.4, 0.5) is 5.82 Å². The molecule has 1 aliphatic rings. The molecule has 0 saturated carbocycles. The predicted octanol–water partition coefficient (Wildman–Crippen LogP) is 3.86. The molecular weight excluding hydrogens is 566 g/mol. The Hall–Kier alpha value is -3.69. The van der Waals surface area contributed by atoms with Gasteiger partial charge in [0.15, 0.2) is 5.65 Å². The number of benzene rings is 1. The average Bonchev–Trinajstić information content (AvgIpc) is 3.42. The number of anilines is 1. The number of hydrogen-bond acceptors (Lipinski definition) is 7. The molecule has 2 atom stereocenters. The second-order valence-corrected chi connectivity index (χ2v) is 12.5. The Bertz CT molecular complexity index is 1770. The van der Waals surface area contributed by atoms with E-state index in [0.29, 0.717) is 45.7 Å². The molecule has 42 heavy (non-hydrogen) atoms. The van der Waals surface area contributed by atoms with Gasteiger partial charge in [-0.1, -0.05) is 62.4 Å². The largest absolute Gasteiger partial charge is 0.356 e. The zero-order valence-electron chi connectivity index (χ0n) is 24.8. The SMILES string of the molecule is BC(B)=Cc1ccccc1-c1nc2c(cc1Cl)c(N1[C@@H](C)CN(C(=O)C=C)C[C@@H]1C)nc(=O)n2-c1scnc1C(C)C. The van der Waals surface area contributed by atoms with Crippen LogP contribution in [0.1, 0.15) is 44.9 Å². The van der Waals surface area contributed by atoms with Crippen LogP contribution in [0.5, 0.6) is 0 Å². The predicted molar refractivity (Wildman–Crippen MR) is 179 cm³/mol. The van der Waals surface area contributed by atoms with E-state index >= 15 is 0 Å². The Morgan fingerprint density at radius 1 is 1.17 bits per heavy atom. The molecule has 1 aliphatic heterocycles. The lowest BCUT2D eigenvalue weighted by Crippen LogP contribution is -2.58. The highest BCUT2D eigenvalue weighted by atomic mass is 35.5. The standard InChI is InChI=1S/C30H33B2ClN6O2S/c1-6-24(40)37-13-17(4)38(18(5)14-37)28-21-12-22(33)26(20-10-8-7-9-19(20)11-23(31)32)35-27(21)39(30(41)36-28)29-25(16(2)3)34-15-42-29/h6-12,15-18H,1,13-14,31-32H2,2-5H3/t17-,18-/m0/s1. The molecule has 5 rings (SSSR count). The highest BCUT2D eigenvalue weighted by molar-refractivity contribution is 7.12. The first-order valence-corrected chi connectivity index (χ1v) is 15.3. The first kappa shape index (κ1) is 29.8. The molecule has 0 aliphatic carbocycles. The first-order chi connectivity index (χ1) is 20.0. The van der Waals surface area contributed by atoms with Gasteiger partial charge in [-0.05, 0) is 37.5 Å². The van der Waals surface area contributed by atoms with Crippen molar-refractivity contribution >= 4 is 67.5 Å². The third kappa shape index (κ3) is 5.43. The van der Waals surface area contributed by atoms with Crippen LogP contribution in [0, 0.1) is 0 Å². The minimum absolute atomic E-state index is 0.0913. The van der Waals surface area contributed by atoms with Crippen LogP contribution in [0.25, 0.3) is 33.4 Å². The average molecular weight is 599 g/mol. The monoisotopic (exact) mass is 598 g/mol. The Morgan fingerprint density at radius 2 is 1.86 bits per heavy atom. The van der Waals surface area contributed by atoms with Gasteiger partial charge in [-0.2, -0.15) is 4.98 Å². The third-order valence-electron chi connectivity index (χ3n) is 7.44. The lowest BCUT2D eigenvalue weighted by molar-refractivity contribution is -0.127. The summed E-state index contributed by atoms with van der Waals surface area (Å²) in [5.74, 6) is 0.483. The molecule has 0 radical (unpaired) electrons. The normalized spacial score (nSPS) is 17.1. The topological polar surface area (TPSA) is 84.2 Å². The molecule has 8 nitrogen and oxygen atoms in total. The van der Waals surface area contributed by atoms with Crippen molar-refractivity contribution < 1.29 is 4.79 Å². The fourth-order valence-corrected chi connectivity index (χ4v) is 6.88. The summed E-state index contributed by atoms with van der Waals surface area (Å²) >= 11 is 8.41. The van der Waals surface area contributed by atoms with E-state index < -0.39 is 5.69 Å². The van der Waals surface area contributed by atoms with Gasteiger partial charge in [0, 0.05) is 30.7 Å². The van der Waals surface area contributed by atoms with Crippen molar-refractivity contribution in [2.24, 2.45) is 0 Å². The van der Waals surface area contributed by atoms with Gasteiger partial charge in [0.1, 0.15) is 26.5 Å². The number of amides is 1. The number of carbonyl (C=O) groups excluding carboxylic acids is 1. The fraction of sp³-hybridized carbons (Fsp3) is 0.300. The number of piperazine rings is 1. The van der Waals surface area contributed by atoms with Gasteiger partial charge in [-0.25, -0.2) is 19.3 Å². The van der Waals surface area contributed by atoms with Crippen LogP contribution in [0.2, 0.25) is 5.02 Å². The number of hydrogen-bond donors (Lipinski definition) is 0. The van der Waals surface area contributed by atoms with E-state index in [1.165, 1.54) is 17.4 Å². The zero-order valence-corrected chi connectivity index (χ0v) is 26.3. The Labute approximate surface area is 256 Å². The van der Waals surface area contributed by atoms with Gasteiger partial charge in [-0.3, -0.25) is 4.79 Å². The number of thiazole rings is 1. The summed E-state index contributed by atoms with van der Waals surface area (Å²) in [6.45, 7) is 12.7. The molecule has 1 saturated heterocycles. The van der Waals surface area contributed by atoms with Crippen LogP contribution < -0.4 is 10.6 Å². The first-order valence-electron chi connectivity index (χ1n) is 14.0. The number of fused-ring (bicyclic) bond motifs is 1. The molecule has 214 valence electrons. The quantitative estimate of drug-likeness (QED) is 0.248. The van der Waals surface area contributed by atoms with Crippen LogP contribution in [-0.2, 0) is 4.79 Å². The van der Waals surface area contributed by atoms with E-state index in [2.05, 4.69) is 27.5 Å². The van der Waals surface area contributed by atoms with Crippen LogP contribution >= 0.6 is 22.9 Å². The molecule has 0 bridgehead atoms. The summed E-state index contributed by atoms with van der Waals surface area (Å²) in [6.07, 6.45) is 3.43. The maximum absolute atomic E-state index is 14.0. The molecule has 1 fully saturated rings. The van der Waals surface area contributed by atoms with Crippen LogP contribution in [0.15, 0.2) is 58.7 Å². The van der Waals surface area contributed by atoms with Crippen molar-refractivity contribution in [1.82, 2.24) is 24.4 Å². The number of pyridine rings is 1. The van der Waals surface area contributed by atoms with Gasteiger partial charge >= 0.3 is 5.69 Å². The fourth-order valence-electron chi connectivity index (χ4n) is 5.69. The number of halogens is 1. The van der Waals surface area contributed by atoms with Crippen molar-refractivity contribution in [3.63, 3.8) is 0 Å². The lowest BCUT2D eigenvalue weighted by atomic mass is 9.77. The molecule has 0 N–H and O–H groups in total. The Morgan fingerprint density at radius 3 is 2.50 bits per heavy atom. The van der Waals surface area contributed by atoms with E-state index in [1.807, 2.05) is 73.7 Å². The molecule has 1 amide bonds. The summed E-state index contributed by atoms with van der Waals surface area (Å²) in [7, 11) is 4.09. The molecule has 0 spiro atoms. The summed E-state index contributed by atoms with van der Waals surface area (Å²) in [6, 6.07) is 9.60. The van der Waals surface area contributed by atoms with Gasteiger partial charge in [0.05, 0.1) is 27.3 Å². The number of nitrogens with zero attached hydrogens (tertiary/aromatic N) is 6. The maximum Gasteiger partial charge on any atom is 0.356 e. The van der Waals surface area contributed by atoms with E-state index in [9.17, 15) is 9.59 Å². The second kappa shape index (κ2) is 11.9. The van der Waals surface area contributed by atoms with Gasteiger partial charge in [0.25, 0.3) is 0 Å². The van der Waals surface area contributed by atoms with Crippen molar-refractivity contribution in [1.29, 1.82) is 0 Å². The van der Waals surface area contributed by atoms with Gasteiger partial charge < -0.3 is 9.80 Å². The maximum atomic E-state index is 14.0. The second-order valence-electron chi connectivity index (χ2n) is 11.3. The number of rotatable bonds is 6. The molecule has 4 heterocycles. The highest BCUT2D eigenvalue weighted by Gasteiger charge is 2.34. The Balaban J connectivity index is 1.81. The number of carbonyl (C=O) groups is 1. The number of aromatic nitrogens is 4. The van der Waals surface area contributed by atoms with Gasteiger partial charge in [0.2, 0.25) is 5.91 Å². The summed E-state index contributed by atoms with van der Waals surface area (Å²) in [4.78, 5) is 44.6. The molecule has 4 aromatic rings. The molecule has 0 unspecified atom stereocenters. The highest BCUT2D eigenvalue weighted by Crippen LogP contribution is 2.37. The summed E-state index contributed by atoms with van der Waals surface area (Å²) in [5, 5.41) is 2.96. The van der Waals surface area contributed by atoms with Crippen LogP contribution in [-0.4, -0.2) is 71.2 Å². The summed E-state index contributed by atoms with van der Waals surface area (Å²) in [5.41, 5.74) is 5.02. The smallest absolute Gasteiger partial charge is 0.347 e. The van der Waals surface area contributed by atoms with Crippen molar-refractivity contribution in [3.05, 3.63) is 80.6 Å². The zero-order chi connectivity index (χ0) is 30.3. The molecular formula is C30H33B2ClN6O2S. The van der Waals surface area contributed by atoms with Crippen molar-refractivity contribution in [2.75, 3.05) is 18.0 Å². The molecule has 12 heteroatoms. The van der Waals surface area contributed by atoms with Crippen molar-refractivity contribution in [2.45, 2.75) is 45.7 Å². The van der Waals surface area contributed by atoms with Crippen molar-refractivity contribution in [3.8, 4) is 16.3 Å². The van der Waals surface area contributed by atoms with E-state index in [1.54, 1.807) is 15.0 Å². The van der Waals surface area contributed by atoms with Crippen LogP contribution in [0.3, 0.4) is 0 Å². The van der Waals surface area contributed by atoms with Gasteiger partial charge in [-0.15, -0.1) is 16.7 Å². The Kier molecular flexibility index (Phi) is 8.44. The summed E-state index contributed by atoms with van der Waals surface area (Å²) < 4.78 is 1.57.